The molecule has 0 bridgehead atoms. The van der Waals surface area contributed by atoms with E-state index in [1.165, 1.54) is 0 Å². The van der Waals surface area contributed by atoms with Crippen LogP contribution >= 0.6 is 15.9 Å². The molecule has 0 aliphatic heterocycles. The van der Waals surface area contributed by atoms with Crippen molar-refractivity contribution in [1.82, 2.24) is 5.32 Å². The van der Waals surface area contributed by atoms with E-state index in [1.807, 2.05) is 25.1 Å². The summed E-state index contributed by atoms with van der Waals surface area (Å²) in [5, 5.41) is 2.38. The molecule has 0 fully saturated rings. The van der Waals surface area contributed by atoms with Crippen LogP contribution in [0.4, 0.5) is 13.2 Å². The van der Waals surface area contributed by atoms with Gasteiger partial charge in [-0.2, -0.15) is 13.2 Å². The highest BCUT2D eigenvalue weighted by atomic mass is 79.9. The van der Waals surface area contributed by atoms with Crippen molar-refractivity contribution < 1.29 is 13.2 Å². The van der Waals surface area contributed by atoms with Gasteiger partial charge in [-0.05, 0) is 43.1 Å². The average Bonchev–Trinajstić information content (AvgIpc) is 2.16. The monoisotopic (exact) mass is 295 g/mol. The zero-order valence-electron chi connectivity index (χ0n) is 8.87. The van der Waals surface area contributed by atoms with Crippen LogP contribution in [-0.2, 0) is 6.42 Å². The normalized spacial score (nSPS) is 11.8. The Bertz CT molecular complexity index is 350. The Morgan fingerprint density at radius 1 is 1.31 bits per heavy atom. The SMILES string of the molecule is Cc1ccc(Br)cc1CCNCC(F)(F)F. The van der Waals surface area contributed by atoms with Crippen LogP contribution < -0.4 is 5.32 Å². The molecule has 90 valence electrons. The summed E-state index contributed by atoms with van der Waals surface area (Å²) in [5.74, 6) is 0. The molecule has 1 aromatic carbocycles. The third-order valence-corrected chi connectivity index (χ3v) is 2.70. The van der Waals surface area contributed by atoms with Crippen LogP contribution in [0.3, 0.4) is 0 Å². The Kier molecular flexibility index (Phi) is 4.80. The van der Waals surface area contributed by atoms with Crippen LogP contribution in [0, 0.1) is 6.92 Å². The summed E-state index contributed by atoms with van der Waals surface area (Å²) in [6.07, 6.45) is -3.53. The van der Waals surface area contributed by atoms with Gasteiger partial charge in [-0.25, -0.2) is 0 Å². The van der Waals surface area contributed by atoms with E-state index >= 15 is 0 Å². The molecule has 0 aliphatic carbocycles. The van der Waals surface area contributed by atoms with Gasteiger partial charge in [-0.15, -0.1) is 0 Å². The molecule has 5 heteroatoms. The number of aryl methyl sites for hydroxylation is 1. The third kappa shape index (κ3) is 4.99. The van der Waals surface area contributed by atoms with E-state index in [0.29, 0.717) is 13.0 Å². The largest absolute Gasteiger partial charge is 0.401 e. The van der Waals surface area contributed by atoms with Gasteiger partial charge in [-0.1, -0.05) is 22.0 Å². The maximum Gasteiger partial charge on any atom is 0.401 e. The van der Waals surface area contributed by atoms with Gasteiger partial charge in [0.25, 0.3) is 0 Å². The Morgan fingerprint density at radius 3 is 2.62 bits per heavy atom. The van der Waals surface area contributed by atoms with E-state index in [2.05, 4.69) is 21.2 Å². The summed E-state index contributed by atoms with van der Waals surface area (Å²) in [7, 11) is 0. The number of hydrogen-bond donors (Lipinski definition) is 1. The number of alkyl halides is 3. The molecular weight excluding hydrogens is 283 g/mol. The van der Waals surface area contributed by atoms with E-state index in [-0.39, 0.29) is 0 Å². The Balaban J connectivity index is 2.40. The van der Waals surface area contributed by atoms with Crippen LogP contribution in [-0.4, -0.2) is 19.3 Å². The van der Waals surface area contributed by atoms with Crippen molar-refractivity contribution in [2.45, 2.75) is 19.5 Å². The van der Waals surface area contributed by atoms with E-state index < -0.39 is 12.7 Å². The second-order valence-corrected chi connectivity index (χ2v) is 4.53. The van der Waals surface area contributed by atoms with Gasteiger partial charge in [0, 0.05) is 4.47 Å². The van der Waals surface area contributed by atoms with E-state index in [9.17, 15) is 13.2 Å². The fourth-order valence-electron chi connectivity index (χ4n) is 1.36. The minimum atomic E-state index is -4.13. The van der Waals surface area contributed by atoms with Crippen LogP contribution in [0.5, 0.6) is 0 Å². The number of halogens is 4. The molecule has 0 saturated heterocycles. The van der Waals surface area contributed by atoms with Crippen LogP contribution in [0.2, 0.25) is 0 Å². The molecule has 0 amide bonds. The lowest BCUT2D eigenvalue weighted by Gasteiger charge is -2.09. The van der Waals surface area contributed by atoms with Gasteiger partial charge in [0.05, 0.1) is 6.54 Å². The number of hydrogen-bond acceptors (Lipinski definition) is 1. The summed E-state index contributed by atoms with van der Waals surface area (Å²) in [5.41, 5.74) is 2.15. The van der Waals surface area contributed by atoms with Crippen molar-refractivity contribution in [3.05, 3.63) is 33.8 Å². The molecule has 0 heterocycles. The lowest BCUT2D eigenvalue weighted by Crippen LogP contribution is -2.30. The first-order valence-corrected chi connectivity index (χ1v) is 5.70. The molecule has 1 N–H and O–H groups in total. The molecule has 1 rings (SSSR count). The summed E-state index contributed by atoms with van der Waals surface area (Å²) >= 11 is 3.34. The Hall–Kier alpha value is -0.550. The van der Waals surface area contributed by atoms with Crippen molar-refractivity contribution in [2.75, 3.05) is 13.1 Å². The van der Waals surface area contributed by atoms with Crippen LogP contribution in [0.15, 0.2) is 22.7 Å². The first-order chi connectivity index (χ1) is 7.38. The molecule has 1 aromatic rings. The smallest absolute Gasteiger partial charge is 0.308 e. The van der Waals surface area contributed by atoms with Crippen LogP contribution in [0.1, 0.15) is 11.1 Å². The molecule has 16 heavy (non-hydrogen) atoms. The quantitative estimate of drug-likeness (QED) is 0.839. The van der Waals surface area contributed by atoms with Crippen molar-refractivity contribution in [3.63, 3.8) is 0 Å². The van der Waals surface area contributed by atoms with Crippen molar-refractivity contribution in [1.29, 1.82) is 0 Å². The summed E-state index contributed by atoms with van der Waals surface area (Å²) in [6, 6.07) is 5.80. The van der Waals surface area contributed by atoms with Crippen molar-refractivity contribution in [2.24, 2.45) is 0 Å². The number of nitrogens with one attached hydrogen (secondary N) is 1. The summed E-state index contributed by atoms with van der Waals surface area (Å²) in [4.78, 5) is 0. The Morgan fingerprint density at radius 2 is 2.00 bits per heavy atom. The highest BCUT2D eigenvalue weighted by Crippen LogP contribution is 2.16. The second-order valence-electron chi connectivity index (χ2n) is 3.61. The van der Waals surface area contributed by atoms with Crippen molar-refractivity contribution >= 4 is 15.9 Å². The third-order valence-electron chi connectivity index (χ3n) is 2.21. The van der Waals surface area contributed by atoms with Gasteiger partial charge in [0.15, 0.2) is 0 Å². The summed E-state index contributed by atoms with van der Waals surface area (Å²) in [6.45, 7) is 1.35. The van der Waals surface area contributed by atoms with Crippen LogP contribution in [0.25, 0.3) is 0 Å². The van der Waals surface area contributed by atoms with Gasteiger partial charge < -0.3 is 5.32 Å². The predicted octanol–water partition coefficient (Wildman–Crippen LogP) is 3.45. The predicted molar refractivity (Wildman–Crippen MR) is 61.5 cm³/mol. The molecule has 0 radical (unpaired) electrons. The zero-order chi connectivity index (χ0) is 12.2. The van der Waals surface area contributed by atoms with Gasteiger partial charge in [-0.3, -0.25) is 0 Å². The van der Waals surface area contributed by atoms with Gasteiger partial charge >= 0.3 is 6.18 Å². The molecule has 0 aliphatic rings. The first kappa shape index (κ1) is 13.5. The van der Waals surface area contributed by atoms with Crippen molar-refractivity contribution in [3.8, 4) is 0 Å². The zero-order valence-corrected chi connectivity index (χ0v) is 10.5. The first-order valence-electron chi connectivity index (χ1n) is 4.91. The number of benzene rings is 1. The Labute approximate surface area is 101 Å². The molecule has 0 aromatic heterocycles. The topological polar surface area (TPSA) is 12.0 Å². The molecule has 1 nitrogen and oxygen atoms in total. The lowest BCUT2D eigenvalue weighted by molar-refractivity contribution is -0.124. The highest BCUT2D eigenvalue weighted by molar-refractivity contribution is 9.10. The van der Waals surface area contributed by atoms with Gasteiger partial charge in [0.2, 0.25) is 0 Å². The highest BCUT2D eigenvalue weighted by Gasteiger charge is 2.25. The van der Waals surface area contributed by atoms with E-state index in [4.69, 9.17) is 0 Å². The van der Waals surface area contributed by atoms with E-state index in [0.717, 1.165) is 15.6 Å². The standard InChI is InChI=1S/C11H13BrF3N/c1-8-2-3-10(12)6-9(8)4-5-16-7-11(13,14)15/h2-3,6,16H,4-5,7H2,1H3. The molecule has 0 saturated carbocycles. The fourth-order valence-corrected chi connectivity index (χ4v) is 1.77. The second kappa shape index (κ2) is 5.68. The lowest BCUT2D eigenvalue weighted by atomic mass is 10.1. The van der Waals surface area contributed by atoms with E-state index in [1.54, 1.807) is 0 Å². The average molecular weight is 296 g/mol. The fraction of sp³-hybridized carbons (Fsp3) is 0.455. The minimum absolute atomic E-state index is 0.330. The maximum absolute atomic E-state index is 11.9. The molecule has 0 atom stereocenters. The molecule has 0 spiro atoms. The van der Waals surface area contributed by atoms with Gasteiger partial charge in [0.1, 0.15) is 0 Å². The maximum atomic E-state index is 11.9. The molecular formula is C11H13BrF3N. The number of rotatable bonds is 4. The minimum Gasteiger partial charge on any atom is -0.308 e. The molecule has 0 unspecified atom stereocenters. The summed E-state index contributed by atoms with van der Waals surface area (Å²) < 4.78 is 36.5.